The number of esters is 1. The number of amides is 2. The van der Waals surface area contributed by atoms with E-state index < -0.39 is 5.97 Å². The van der Waals surface area contributed by atoms with Crippen LogP contribution in [-0.2, 0) is 16.1 Å². The normalized spacial score (nSPS) is 13.0. The van der Waals surface area contributed by atoms with Gasteiger partial charge < -0.3 is 9.47 Å². The second kappa shape index (κ2) is 8.14. The van der Waals surface area contributed by atoms with Crippen LogP contribution in [0.4, 0.5) is 0 Å². The van der Waals surface area contributed by atoms with Gasteiger partial charge in [-0.05, 0) is 42.7 Å². The van der Waals surface area contributed by atoms with Gasteiger partial charge in [-0.1, -0.05) is 24.3 Å². The van der Waals surface area contributed by atoms with E-state index in [-0.39, 0.29) is 36.1 Å². The molecule has 0 atom stereocenters. The minimum absolute atomic E-state index is 0.151. The Morgan fingerprint density at radius 3 is 2.52 bits per heavy atom. The average molecular weight is 367 g/mol. The number of ether oxygens (including phenoxy) is 2. The van der Waals surface area contributed by atoms with Crippen molar-refractivity contribution in [3.05, 3.63) is 70.3 Å². The fraction of sp³-hybridized carbons (Fsp3) is 0.286. The van der Waals surface area contributed by atoms with Gasteiger partial charge in [-0.2, -0.15) is 0 Å². The number of carbonyl (C=O) groups is 3. The molecule has 2 aromatic carbocycles. The van der Waals surface area contributed by atoms with Crippen molar-refractivity contribution in [1.82, 2.24) is 4.90 Å². The highest BCUT2D eigenvalue weighted by atomic mass is 16.5. The Balaban J connectivity index is 1.71. The van der Waals surface area contributed by atoms with E-state index in [2.05, 4.69) is 0 Å². The lowest BCUT2D eigenvalue weighted by atomic mass is 10.1. The molecule has 1 aliphatic heterocycles. The maximum atomic E-state index is 12.5. The summed E-state index contributed by atoms with van der Waals surface area (Å²) in [5.74, 6) is -1.26. The van der Waals surface area contributed by atoms with E-state index in [1.54, 1.807) is 7.11 Å². The zero-order valence-corrected chi connectivity index (χ0v) is 15.4. The van der Waals surface area contributed by atoms with Crippen LogP contribution in [0.3, 0.4) is 0 Å². The number of rotatable bonds is 7. The first-order valence-corrected chi connectivity index (χ1v) is 8.73. The monoisotopic (exact) mass is 367 g/mol. The van der Waals surface area contributed by atoms with Crippen molar-refractivity contribution in [3.8, 4) is 0 Å². The summed E-state index contributed by atoms with van der Waals surface area (Å²) in [7, 11) is 1.57. The van der Waals surface area contributed by atoms with E-state index in [1.807, 2.05) is 31.2 Å². The Morgan fingerprint density at radius 1 is 1.04 bits per heavy atom. The van der Waals surface area contributed by atoms with E-state index in [0.29, 0.717) is 18.6 Å². The number of benzene rings is 2. The van der Waals surface area contributed by atoms with E-state index in [1.165, 1.54) is 23.1 Å². The molecule has 1 heterocycles. The molecular formula is C21H21NO5. The van der Waals surface area contributed by atoms with Gasteiger partial charge in [0.25, 0.3) is 11.8 Å². The molecule has 0 bridgehead atoms. The number of fused-ring (bicyclic) bond motifs is 1. The molecule has 0 N–H and O–H groups in total. The summed E-state index contributed by atoms with van der Waals surface area (Å²) in [5, 5.41) is 0. The first-order chi connectivity index (χ1) is 13.0. The molecule has 0 saturated carbocycles. The minimum atomic E-state index is -0.529. The Kier molecular flexibility index (Phi) is 5.66. The van der Waals surface area contributed by atoms with Gasteiger partial charge in [0.1, 0.15) is 6.61 Å². The summed E-state index contributed by atoms with van der Waals surface area (Å²) < 4.78 is 10.3. The highest BCUT2D eigenvalue weighted by Crippen LogP contribution is 2.24. The molecular weight excluding hydrogens is 346 g/mol. The maximum absolute atomic E-state index is 12.5. The Hall–Kier alpha value is -2.99. The molecule has 2 aromatic rings. The molecule has 2 amide bonds. The molecule has 3 rings (SSSR count). The smallest absolute Gasteiger partial charge is 0.338 e. The third-order valence-corrected chi connectivity index (χ3v) is 4.56. The standard InChI is InChI=1S/C21H21NO5/c1-14-6-3-4-7-16(14)13-27-21(25)15-8-9-17-18(12-15)20(24)22(19(17)23)10-5-11-26-2/h3-4,6-9,12H,5,10-11,13H2,1-2H3. The Labute approximate surface area is 157 Å². The van der Waals surface area contributed by atoms with Crippen molar-refractivity contribution in [2.24, 2.45) is 0 Å². The van der Waals surface area contributed by atoms with Gasteiger partial charge in [0.2, 0.25) is 0 Å². The fourth-order valence-corrected chi connectivity index (χ4v) is 2.99. The molecule has 0 aliphatic carbocycles. The number of imide groups is 1. The second-order valence-corrected chi connectivity index (χ2v) is 6.37. The number of methoxy groups -OCH3 is 1. The van der Waals surface area contributed by atoms with Crippen LogP contribution in [0.25, 0.3) is 0 Å². The van der Waals surface area contributed by atoms with Crippen LogP contribution in [0.5, 0.6) is 0 Å². The molecule has 0 unspecified atom stereocenters. The van der Waals surface area contributed by atoms with Gasteiger partial charge in [0.05, 0.1) is 16.7 Å². The third-order valence-electron chi connectivity index (χ3n) is 4.56. The average Bonchev–Trinajstić information content (AvgIpc) is 2.91. The molecule has 6 nitrogen and oxygen atoms in total. The van der Waals surface area contributed by atoms with Gasteiger partial charge in [-0.15, -0.1) is 0 Å². The highest BCUT2D eigenvalue weighted by molar-refractivity contribution is 6.21. The lowest BCUT2D eigenvalue weighted by molar-refractivity contribution is 0.0471. The molecule has 140 valence electrons. The third kappa shape index (κ3) is 3.90. The molecule has 27 heavy (non-hydrogen) atoms. The maximum Gasteiger partial charge on any atom is 0.338 e. The van der Waals surface area contributed by atoms with Gasteiger partial charge in [0.15, 0.2) is 0 Å². The van der Waals surface area contributed by atoms with E-state index in [0.717, 1.165) is 11.1 Å². The zero-order valence-electron chi connectivity index (χ0n) is 15.4. The van der Waals surface area contributed by atoms with Crippen LogP contribution in [-0.4, -0.2) is 42.9 Å². The number of hydrogen-bond acceptors (Lipinski definition) is 5. The molecule has 0 spiro atoms. The van der Waals surface area contributed by atoms with E-state index in [9.17, 15) is 14.4 Å². The highest BCUT2D eigenvalue weighted by Gasteiger charge is 2.35. The molecule has 0 aromatic heterocycles. The lowest BCUT2D eigenvalue weighted by Gasteiger charge is -2.12. The number of hydrogen-bond donors (Lipinski definition) is 0. The van der Waals surface area contributed by atoms with Gasteiger partial charge in [-0.25, -0.2) is 4.79 Å². The molecule has 0 radical (unpaired) electrons. The minimum Gasteiger partial charge on any atom is -0.457 e. The molecule has 0 saturated heterocycles. The Morgan fingerprint density at radius 2 is 1.78 bits per heavy atom. The van der Waals surface area contributed by atoms with E-state index >= 15 is 0 Å². The summed E-state index contributed by atoms with van der Waals surface area (Å²) in [6, 6.07) is 12.1. The van der Waals surface area contributed by atoms with Crippen molar-refractivity contribution >= 4 is 17.8 Å². The summed E-state index contributed by atoms with van der Waals surface area (Å²) in [6.07, 6.45) is 0.563. The number of aryl methyl sites for hydroxylation is 1. The summed E-state index contributed by atoms with van der Waals surface area (Å²) in [5.41, 5.74) is 2.76. The second-order valence-electron chi connectivity index (χ2n) is 6.37. The van der Waals surface area contributed by atoms with Gasteiger partial charge >= 0.3 is 5.97 Å². The van der Waals surface area contributed by atoms with Crippen molar-refractivity contribution in [2.45, 2.75) is 20.0 Å². The zero-order chi connectivity index (χ0) is 19.4. The summed E-state index contributed by atoms with van der Waals surface area (Å²) in [4.78, 5) is 38.4. The molecule has 6 heteroatoms. The van der Waals surface area contributed by atoms with Crippen molar-refractivity contribution < 1.29 is 23.9 Å². The SMILES string of the molecule is COCCCN1C(=O)c2ccc(C(=O)OCc3ccccc3C)cc2C1=O. The lowest BCUT2D eigenvalue weighted by Crippen LogP contribution is -2.31. The quantitative estimate of drug-likeness (QED) is 0.427. The Bertz CT molecular complexity index is 890. The van der Waals surface area contributed by atoms with Gasteiger partial charge in [-0.3, -0.25) is 14.5 Å². The van der Waals surface area contributed by atoms with Crippen molar-refractivity contribution in [1.29, 1.82) is 0 Å². The van der Waals surface area contributed by atoms with Crippen LogP contribution < -0.4 is 0 Å². The molecule has 1 aliphatic rings. The number of nitrogens with zero attached hydrogens (tertiary/aromatic N) is 1. The van der Waals surface area contributed by atoms with Crippen molar-refractivity contribution in [2.75, 3.05) is 20.3 Å². The number of carbonyl (C=O) groups excluding carboxylic acids is 3. The predicted molar refractivity (Wildman–Crippen MR) is 98.6 cm³/mol. The fourth-order valence-electron chi connectivity index (χ4n) is 2.99. The summed E-state index contributed by atoms with van der Waals surface area (Å²) >= 11 is 0. The predicted octanol–water partition coefficient (Wildman–Crippen LogP) is 2.98. The first-order valence-electron chi connectivity index (χ1n) is 8.73. The first kappa shape index (κ1) is 18.8. The topological polar surface area (TPSA) is 72.9 Å². The van der Waals surface area contributed by atoms with E-state index in [4.69, 9.17) is 9.47 Å². The van der Waals surface area contributed by atoms with Crippen LogP contribution in [0.2, 0.25) is 0 Å². The van der Waals surface area contributed by atoms with Gasteiger partial charge in [0, 0.05) is 20.3 Å². The van der Waals surface area contributed by atoms with Crippen LogP contribution in [0.1, 0.15) is 48.6 Å². The summed E-state index contributed by atoms with van der Waals surface area (Å²) in [6.45, 7) is 2.84. The van der Waals surface area contributed by atoms with Crippen LogP contribution in [0, 0.1) is 6.92 Å². The van der Waals surface area contributed by atoms with Crippen LogP contribution in [0.15, 0.2) is 42.5 Å². The van der Waals surface area contributed by atoms with Crippen LogP contribution >= 0.6 is 0 Å². The largest absolute Gasteiger partial charge is 0.457 e. The molecule has 0 fully saturated rings. The van der Waals surface area contributed by atoms with Crippen molar-refractivity contribution in [3.63, 3.8) is 0 Å².